The van der Waals surface area contributed by atoms with Crippen molar-refractivity contribution in [3.63, 3.8) is 0 Å². The van der Waals surface area contributed by atoms with E-state index in [1.807, 2.05) is 36.7 Å². The minimum absolute atomic E-state index is 0.213. The van der Waals surface area contributed by atoms with E-state index in [2.05, 4.69) is 46.9 Å². The normalized spacial score (nSPS) is 12.9. The Morgan fingerprint density at radius 3 is 2.64 bits per heavy atom. The molecule has 1 atom stereocenters. The summed E-state index contributed by atoms with van der Waals surface area (Å²) in [4.78, 5) is 11.3. The van der Waals surface area contributed by atoms with E-state index in [1.165, 1.54) is 5.56 Å². The molecule has 2 N–H and O–H groups in total. The van der Waals surface area contributed by atoms with Crippen LogP contribution < -0.4 is 5.73 Å². The largest absolute Gasteiger partial charge is 0.327 e. The van der Waals surface area contributed by atoms with Crippen molar-refractivity contribution in [1.82, 2.24) is 14.9 Å². The Kier molecular flexibility index (Phi) is 6.25. The smallest absolute Gasteiger partial charge is 0.0573 e. The fraction of sp³-hybridized carbons (Fsp3) is 0.333. The number of nitrogens with zero attached hydrogens (tertiary/aromatic N) is 3. The molecule has 1 unspecified atom stereocenters. The standard InChI is InChI=1S/C18H24N4/c1-15-8-7-12-21-18(15)14-22(13-6-4-10-19)16(2)17-9-3-5-11-20-17/h3-9,11-12,16H,10,13-14,19H2,1-2H3/b6-4-. The lowest BCUT2D eigenvalue weighted by Crippen LogP contribution is -2.28. The summed E-state index contributed by atoms with van der Waals surface area (Å²) in [6.07, 6.45) is 7.79. The summed E-state index contributed by atoms with van der Waals surface area (Å²) in [6, 6.07) is 10.3. The van der Waals surface area contributed by atoms with Crippen molar-refractivity contribution in [1.29, 1.82) is 0 Å². The summed E-state index contributed by atoms with van der Waals surface area (Å²) in [5.74, 6) is 0. The van der Waals surface area contributed by atoms with Crippen LogP contribution in [-0.4, -0.2) is 28.0 Å². The zero-order chi connectivity index (χ0) is 15.8. The molecular formula is C18H24N4. The molecule has 0 aliphatic heterocycles. The van der Waals surface area contributed by atoms with Crippen LogP contribution in [0.3, 0.4) is 0 Å². The van der Waals surface area contributed by atoms with E-state index in [-0.39, 0.29) is 6.04 Å². The molecule has 4 nitrogen and oxygen atoms in total. The van der Waals surface area contributed by atoms with Crippen molar-refractivity contribution in [3.05, 3.63) is 71.8 Å². The number of rotatable bonds is 7. The first-order valence-corrected chi connectivity index (χ1v) is 7.63. The molecule has 2 heterocycles. The first kappa shape index (κ1) is 16.3. The monoisotopic (exact) mass is 296 g/mol. The van der Waals surface area contributed by atoms with Gasteiger partial charge < -0.3 is 5.73 Å². The number of aryl methyl sites for hydroxylation is 1. The van der Waals surface area contributed by atoms with Gasteiger partial charge in [-0.3, -0.25) is 14.9 Å². The van der Waals surface area contributed by atoms with Crippen LogP contribution in [0.1, 0.15) is 29.9 Å². The fourth-order valence-electron chi connectivity index (χ4n) is 2.35. The SMILES string of the molecule is Cc1cccnc1CN(C/C=C\CN)C(C)c1ccccn1. The molecule has 116 valence electrons. The van der Waals surface area contributed by atoms with E-state index in [0.29, 0.717) is 6.54 Å². The van der Waals surface area contributed by atoms with Crippen molar-refractivity contribution >= 4 is 0 Å². The molecule has 4 heteroatoms. The van der Waals surface area contributed by atoms with Crippen molar-refractivity contribution in [3.8, 4) is 0 Å². The van der Waals surface area contributed by atoms with Gasteiger partial charge in [0.05, 0.1) is 11.4 Å². The second-order valence-electron chi connectivity index (χ2n) is 5.33. The zero-order valence-corrected chi connectivity index (χ0v) is 13.3. The molecule has 0 aromatic carbocycles. The average Bonchev–Trinajstić information content (AvgIpc) is 2.56. The molecule has 2 aromatic heterocycles. The zero-order valence-electron chi connectivity index (χ0n) is 13.3. The first-order valence-electron chi connectivity index (χ1n) is 7.63. The third-order valence-electron chi connectivity index (χ3n) is 3.78. The summed E-state index contributed by atoms with van der Waals surface area (Å²) in [5, 5.41) is 0. The van der Waals surface area contributed by atoms with Crippen molar-refractivity contribution in [2.45, 2.75) is 26.4 Å². The fourth-order valence-corrected chi connectivity index (χ4v) is 2.35. The van der Waals surface area contributed by atoms with Crippen molar-refractivity contribution in [2.24, 2.45) is 5.73 Å². The molecule has 22 heavy (non-hydrogen) atoms. The molecule has 0 saturated carbocycles. The lowest BCUT2D eigenvalue weighted by Gasteiger charge is -2.27. The molecular weight excluding hydrogens is 272 g/mol. The maximum Gasteiger partial charge on any atom is 0.0573 e. The predicted molar refractivity (Wildman–Crippen MR) is 90.2 cm³/mol. The van der Waals surface area contributed by atoms with E-state index >= 15 is 0 Å². The summed E-state index contributed by atoms with van der Waals surface area (Å²) in [7, 11) is 0. The quantitative estimate of drug-likeness (QED) is 0.798. The van der Waals surface area contributed by atoms with Crippen LogP contribution in [0.15, 0.2) is 54.9 Å². The molecule has 0 spiro atoms. The van der Waals surface area contributed by atoms with Crippen LogP contribution >= 0.6 is 0 Å². The van der Waals surface area contributed by atoms with Gasteiger partial charge in [0.15, 0.2) is 0 Å². The van der Waals surface area contributed by atoms with Gasteiger partial charge in [0.1, 0.15) is 0 Å². The van der Waals surface area contributed by atoms with Gasteiger partial charge in [-0.1, -0.05) is 24.3 Å². The molecule has 0 aliphatic rings. The number of nitrogens with two attached hydrogens (primary N) is 1. The van der Waals surface area contributed by atoms with Gasteiger partial charge in [-0.2, -0.15) is 0 Å². The molecule has 2 rings (SSSR count). The lowest BCUT2D eigenvalue weighted by atomic mass is 10.1. The molecule has 0 radical (unpaired) electrons. The van der Waals surface area contributed by atoms with Gasteiger partial charge in [-0.05, 0) is 37.6 Å². The predicted octanol–water partition coefficient (Wildman–Crippen LogP) is 2.86. The van der Waals surface area contributed by atoms with Crippen LogP contribution in [0.2, 0.25) is 0 Å². The van der Waals surface area contributed by atoms with E-state index < -0.39 is 0 Å². The Labute approximate surface area is 132 Å². The molecule has 2 aromatic rings. The number of hydrogen-bond acceptors (Lipinski definition) is 4. The Bertz CT molecular complexity index is 595. The molecule has 0 bridgehead atoms. The third kappa shape index (κ3) is 4.48. The summed E-state index contributed by atoms with van der Waals surface area (Å²) < 4.78 is 0. The second-order valence-corrected chi connectivity index (χ2v) is 5.33. The van der Waals surface area contributed by atoms with Gasteiger partial charge in [0.2, 0.25) is 0 Å². The van der Waals surface area contributed by atoms with Crippen LogP contribution in [0, 0.1) is 6.92 Å². The summed E-state index contributed by atoms with van der Waals surface area (Å²) in [5.41, 5.74) is 8.93. The van der Waals surface area contributed by atoms with Crippen molar-refractivity contribution < 1.29 is 0 Å². The number of hydrogen-bond donors (Lipinski definition) is 1. The summed E-state index contributed by atoms with van der Waals surface area (Å²) >= 11 is 0. The van der Waals surface area contributed by atoms with Gasteiger partial charge in [0.25, 0.3) is 0 Å². The highest BCUT2D eigenvalue weighted by atomic mass is 15.2. The van der Waals surface area contributed by atoms with Gasteiger partial charge in [-0.25, -0.2) is 0 Å². The summed E-state index contributed by atoms with van der Waals surface area (Å²) in [6.45, 7) is 6.46. The maximum absolute atomic E-state index is 5.55. The highest BCUT2D eigenvalue weighted by Crippen LogP contribution is 2.20. The maximum atomic E-state index is 5.55. The highest BCUT2D eigenvalue weighted by Gasteiger charge is 2.17. The van der Waals surface area contributed by atoms with Gasteiger partial charge in [-0.15, -0.1) is 0 Å². The van der Waals surface area contributed by atoms with E-state index in [1.54, 1.807) is 0 Å². The van der Waals surface area contributed by atoms with E-state index in [4.69, 9.17) is 5.73 Å². The van der Waals surface area contributed by atoms with Gasteiger partial charge >= 0.3 is 0 Å². The van der Waals surface area contributed by atoms with Crippen molar-refractivity contribution in [2.75, 3.05) is 13.1 Å². The van der Waals surface area contributed by atoms with Crippen LogP contribution in [0.5, 0.6) is 0 Å². The molecule has 0 saturated heterocycles. The molecule has 0 amide bonds. The second kappa shape index (κ2) is 8.41. The number of pyridine rings is 2. The van der Waals surface area contributed by atoms with Gasteiger partial charge in [0, 0.05) is 38.1 Å². The molecule has 0 fully saturated rings. The van der Waals surface area contributed by atoms with Crippen LogP contribution in [-0.2, 0) is 6.54 Å². The Hall–Kier alpha value is -2.04. The van der Waals surface area contributed by atoms with E-state index in [9.17, 15) is 0 Å². The van der Waals surface area contributed by atoms with Crippen LogP contribution in [0.25, 0.3) is 0 Å². The molecule has 0 aliphatic carbocycles. The number of aromatic nitrogens is 2. The topological polar surface area (TPSA) is 55.0 Å². The van der Waals surface area contributed by atoms with E-state index in [0.717, 1.165) is 24.5 Å². The first-order chi connectivity index (χ1) is 10.7. The Morgan fingerprint density at radius 1 is 1.14 bits per heavy atom. The third-order valence-corrected chi connectivity index (χ3v) is 3.78. The Balaban J connectivity index is 2.19. The van der Waals surface area contributed by atoms with Crippen LogP contribution in [0.4, 0.5) is 0 Å². The lowest BCUT2D eigenvalue weighted by molar-refractivity contribution is 0.218. The minimum atomic E-state index is 0.213. The minimum Gasteiger partial charge on any atom is -0.327 e. The highest BCUT2D eigenvalue weighted by molar-refractivity contribution is 5.18. The Morgan fingerprint density at radius 2 is 1.95 bits per heavy atom. The average molecular weight is 296 g/mol.